The molecule has 0 spiro atoms. The third-order valence-electron chi connectivity index (χ3n) is 1.82. The number of pyridine rings is 1. The fourth-order valence-corrected chi connectivity index (χ4v) is 1.12. The number of aromatic nitrogens is 1. The Labute approximate surface area is 108 Å². The predicted molar refractivity (Wildman–Crippen MR) is 63.3 cm³/mol. The molecule has 0 atom stereocenters. The molecule has 1 aromatic heterocycles. The summed E-state index contributed by atoms with van der Waals surface area (Å²) in [4.78, 5) is 26.0. The summed E-state index contributed by atoms with van der Waals surface area (Å²) in [6.07, 6.45) is 0.139. The number of anilines is 1. The van der Waals surface area contributed by atoms with E-state index < -0.39 is 23.4 Å². The van der Waals surface area contributed by atoms with Crippen LogP contribution in [0.3, 0.4) is 0 Å². The Hall–Kier alpha value is -2.22. The topological polar surface area (TPSA) is 101 Å². The lowest BCUT2D eigenvalue weighted by molar-refractivity contribution is 0.0634. The van der Waals surface area contributed by atoms with Crippen molar-refractivity contribution in [3.8, 4) is 0 Å². The van der Waals surface area contributed by atoms with Gasteiger partial charge >= 0.3 is 6.09 Å². The molecule has 0 saturated carbocycles. The summed E-state index contributed by atoms with van der Waals surface area (Å²) in [5, 5.41) is 10.5. The number of nitrogens with zero attached hydrogens (tertiary/aromatic N) is 1. The predicted octanol–water partition coefficient (Wildman–Crippen LogP) is 1.69. The van der Waals surface area contributed by atoms with Crippen molar-refractivity contribution in [2.45, 2.75) is 26.4 Å². The van der Waals surface area contributed by atoms with Crippen LogP contribution >= 0.6 is 0 Å². The first-order chi connectivity index (χ1) is 8.73. The molecule has 0 radical (unpaired) electrons. The van der Waals surface area contributed by atoms with Crippen molar-refractivity contribution in [1.29, 1.82) is 0 Å². The number of rotatable bonds is 2. The summed E-state index contributed by atoms with van der Waals surface area (Å²) in [5.41, 5.74) is 0.432. The minimum absolute atomic E-state index is 0.185. The molecule has 1 aromatic rings. The molecule has 19 heavy (non-hydrogen) atoms. The van der Waals surface area contributed by atoms with Crippen LogP contribution in [0.5, 0.6) is 0 Å². The van der Waals surface area contributed by atoms with E-state index in [4.69, 9.17) is 9.94 Å². The molecule has 3 N–H and O–H groups in total. The molecule has 8 heteroatoms. The molecule has 7 nitrogen and oxygen atoms in total. The Bertz CT molecular complexity index is 499. The highest BCUT2D eigenvalue weighted by Gasteiger charge is 2.18. The lowest BCUT2D eigenvalue weighted by Gasteiger charge is -2.19. The van der Waals surface area contributed by atoms with E-state index in [9.17, 15) is 14.0 Å². The number of amides is 2. The van der Waals surface area contributed by atoms with Gasteiger partial charge < -0.3 is 4.74 Å². The maximum Gasteiger partial charge on any atom is 0.413 e. The maximum atomic E-state index is 13.5. The zero-order valence-electron chi connectivity index (χ0n) is 10.7. The van der Waals surface area contributed by atoms with Crippen LogP contribution in [0, 0.1) is 5.82 Å². The first-order valence-electron chi connectivity index (χ1n) is 5.33. The summed E-state index contributed by atoms with van der Waals surface area (Å²) in [7, 11) is 0. The average molecular weight is 271 g/mol. The SMILES string of the molecule is CC(C)(C)OC(=O)Nc1ncc(C(=O)NO)cc1F. The van der Waals surface area contributed by atoms with Crippen molar-refractivity contribution in [1.82, 2.24) is 10.5 Å². The second-order valence-corrected chi connectivity index (χ2v) is 4.62. The van der Waals surface area contributed by atoms with Crippen LogP contribution in [0.1, 0.15) is 31.1 Å². The Morgan fingerprint density at radius 2 is 2.05 bits per heavy atom. The summed E-state index contributed by atoms with van der Waals surface area (Å²) in [6, 6.07) is 0.825. The Kier molecular flexibility index (Phi) is 4.38. The lowest BCUT2D eigenvalue weighted by atomic mass is 10.2. The number of hydroxylamine groups is 1. The maximum absolute atomic E-state index is 13.5. The molecular formula is C11H14FN3O4. The van der Waals surface area contributed by atoms with Crippen LogP contribution in [-0.4, -0.2) is 27.8 Å². The van der Waals surface area contributed by atoms with Gasteiger partial charge in [0.25, 0.3) is 5.91 Å². The molecule has 0 aliphatic rings. The van der Waals surface area contributed by atoms with Gasteiger partial charge in [0.15, 0.2) is 11.6 Å². The third-order valence-corrected chi connectivity index (χ3v) is 1.82. The van der Waals surface area contributed by atoms with Gasteiger partial charge in [-0.2, -0.15) is 0 Å². The highest BCUT2D eigenvalue weighted by molar-refractivity contribution is 5.93. The molecule has 0 aliphatic carbocycles. The Morgan fingerprint density at radius 3 is 2.53 bits per heavy atom. The van der Waals surface area contributed by atoms with Crippen molar-refractivity contribution < 1.29 is 23.9 Å². The molecule has 1 rings (SSSR count). The van der Waals surface area contributed by atoms with Crippen LogP contribution in [0.25, 0.3) is 0 Å². The van der Waals surface area contributed by atoms with Gasteiger partial charge in [-0.25, -0.2) is 19.6 Å². The zero-order chi connectivity index (χ0) is 14.6. The number of carbonyl (C=O) groups is 2. The number of hydrogen-bond donors (Lipinski definition) is 3. The quantitative estimate of drug-likeness (QED) is 0.561. The lowest BCUT2D eigenvalue weighted by Crippen LogP contribution is -2.28. The van der Waals surface area contributed by atoms with Crippen LogP contribution in [0.2, 0.25) is 0 Å². The molecule has 0 saturated heterocycles. The first-order valence-corrected chi connectivity index (χ1v) is 5.33. The van der Waals surface area contributed by atoms with Crippen LogP contribution in [-0.2, 0) is 4.74 Å². The van der Waals surface area contributed by atoms with Crippen molar-refractivity contribution in [2.75, 3.05) is 5.32 Å². The van der Waals surface area contributed by atoms with Gasteiger partial charge in [0.05, 0.1) is 5.56 Å². The normalized spacial score (nSPS) is 10.8. The third kappa shape index (κ3) is 4.51. The fourth-order valence-electron chi connectivity index (χ4n) is 1.12. The van der Waals surface area contributed by atoms with Gasteiger partial charge in [0, 0.05) is 6.20 Å². The Balaban J connectivity index is 2.81. The summed E-state index contributed by atoms with van der Waals surface area (Å²) >= 11 is 0. The van der Waals surface area contributed by atoms with E-state index in [0.717, 1.165) is 12.3 Å². The smallest absolute Gasteiger partial charge is 0.413 e. The van der Waals surface area contributed by atoms with Crippen LogP contribution in [0.4, 0.5) is 15.0 Å². The Morgan fingerprint density at radius 1 is 1.42 bits per heavy atom. The summed E-state index contributed by atoms with van der Waals surface area (Å²) in [6.45, 7) is 4.97. The molecule has 0 bridgehead atoms. The fraction of sp³-hybridized carbons (Fsp3) is 0.364. The standard InChI is InChI=1S/C11H14FN3O4/c1-11(2,3)19-10(17)14-8-7(12)4-6(5-13-8)9(16)15-18/h4-5,18H,1-3H3,(H,15,16)(H,13,14,17). The van der Waals surface area contributed by atoms with E-state index >= 15 is 0 Å². The van der Waals surface area contributed by atoms with Crippen LogP contribution < -0.4 is 10.8 Å². The minimum atomic E-state index is -0.924. The van der Waals surface area contributed by atoms with Gasteiger partial charge in [-0.1, -0.05) is 0 Å². The molecular weight excluding hydrogens is 257 g/mol. The largest absolute Gasteiger partial charge is 0.444 e. The van der Waals surface area contributed by atoms with E-state index in [2.05, 4.69) is 10.3 Å². The monoisotopic (exact) mass is 271 g/mol. The number of ether oxygens (including phenoxy) is 1. The molecule has 0 unspecified atom stereocenters. The summed E-state index contributed by atoms with van der Waals surface area (Å²) < 4.78 is 18.5. The average Bonchev–Trinajstić information content (AvgIpc) is 2.28. The van der Waals surface area contributed by atoms with Gasteiger partial charge in [0.1, 0.15) is 5.60 Å². The highest BCUT2D eigenvalue weighted by Crippen LogP contribution is 2.14. The number of hydrogen-bond acceptors (Lipinski definition) is 5. The van der Waals surface area contributed by atoms with E-state index in [1.54, 1.807) is 20.8 Å². The van der Waals surface area contributed by atoms with E-state index in [1.165, 1.54) is 5.48 Å². The van der Waals surface area contributed by atoms with Gasteiger partial charge in [-0.3, -0.25) is 15.3 Å². The molecule has 104 valence electrons. The van der Waals surface area contributed by atoms with E-state index in [-0.39, 0.29) is 11.4 Å². The second-order valence-electron chi connectivity index (χ2n) is 4.62. The molecule has 2 amide bonds. The van der Waals surface area contributed by atoms with Gasteiger partial charge in [-0.05, 0) is 26.8 Å². The summed E-state index contributed by atoms with van der Waals surface area (Å²) in [5.74, 6) is -2.20. The van der Waals surface area contributed by atoms with Crippen molar-refractivity contribution in [3.05, 3.63) is 23.6 Å². The van der Waals surface area contributed by atoms with Crippen molar-refractivity contribution >= 4 is 17.8 Å². The van der Waals surface area contributed by atoms with Crippen LogP contribution in [0.15, 0.2) is 12.3 Å². The highest BCUT2D eigenvalue weighted by atomic mass is 19.1. The minimum Gasteiger partial charge on any atom is -0.444 e. The van der Waals surface area contributed by atoms with Gasteiger partial charge in [-0.15, -0.1) is 0 Å². The van der Waals surface area contributed by atoms with E-state index in [1.807, 2.05) is 0 Å². The number of carbonyl (C=O) groups excluding carboxylic acids is 2. The number of nitrogens with one attached hydrogen (secondary N) is 2. The van der Waals surface area contributed by atoms with E-state index in [0.29, 0.717) is 0 Å². The van der Waals surface area contributed by atoms with Crippen molar-refractivity contribution in [3.63, 3.8) is 0 Å². The molecule has 0 fully saturated rings. The molecule has 0 aliphatic heterocycles. The first kappa shape index (κ1) is 14.8. The second kappa shape index (κ2) is 5.61. The molecule has 1 heterocycles. The van der Waals surface area contributed by atoms with Crippen molar-refractivity contribution in [2.24, 2.45) is 0 Å². The number of halogens is 1. The zero-order valence-corrected chi connectivity index (χ0v) is 10.7. The van der Waals surface area contributed by atoms with Gasteiger partial charge in [0.2, 0.25) is 0 Å². The molecule has 0 aromatic carbocycles.